The predicted molar refractivity (Wildman–Crippen MR) is 114 cm³/mol. The van der Waals surface area contributed by atoms with Crippen molar-refractivity contribution in [2.45, 2.75) is 24.2 Å². The van der Waals surface area contributed by atoms with Crippen molar-refractivity contribution in [3.8, 4) is 0 Å². The van der Waals surface area contributed by atoms with Gasteiger partial charge in [0.1, 0.15) is 0 Å². The summed E-state index contributed by atoms with van der Waals surface area (Å²) < 4.78 is 27.4. The monoisotopic (exact) mass is 456 g/mol. The third-order valence-electron chi connectivity index (χ3n) is 4.97. The largest absolute Gasteiger partial charge is 0.396 e. The molecule has 0 atom stereocenters. The van der Waals surface area contributed by atoms with Gasteiger partial charge >= 0.3 is 0 Å². The molecule has 0 bridgehead atoms. The minimum atomic E-state index is -3.69. The minimum absolute atomic E-state index is 0.0786. The molecule has 1 heterocycles. The van der Waals surface area contributed by atoms with Gasteiger partial charge in [0.2, 0.25) is 10.0 Å². The molecule has 29 heavy (non-hydrogen) atoms. The lowest BCUT2D eigenvalue weighted by molar-refractivity contribution is 0.102. The molecule has 0 radical (unpaired) electrons. The number of nitrogens with one attached hydrogen (secondary N) is 1. The van der Waals surface area contributed by atoms with Gasteiger partial charge in [-0.25, -0.2) is 8.42 Å². The van der Waals surface area contributed by atoms with Crippen LogP contribution in [0.15, 0.2) is 47.4 Å². The van der Waals surface area contributed by atoms with Crippen LogP contribution in [0.25, 0.3) is 0 Å². The number of carbonyl (C=O) groups excluding carboxylic acids is 1. The molecular formula is C20H22Cl2N2O4S. The Labute approximate surface area is 180 Å². The molecule has 2 aromatic carbocycles. The van der Waals surface area contributed by atoms with Gasteiger partial charge in [-0.3, -0.25) is 4.79 Å². The number of hydrogen-bond donors (Lipinski definition) is 2. The van der Waals surface area contributed by atoms with E-state index in [1.807, 2.05) is 0 Å². The quantitative estimate of drug-likeness (QED) is 0.686. The summed E-state index contributed by atoms with van der Waals surface area (Å²) in [6, 6.07) is 10.6. The molecular weight excluding hydrogens is 435 g/mol. The Hall–Kier alpha value is -1.64. The van der Waals surface area contributed by atoms with E-state index >= 15 is 0 Å². The molecule has 9 heteroatoms. The molecule has 3 rings (SSSR count). The van der Waals surface area contributed by atoms with Gasteiger partial charge in [0.05, 0.1) is 4.90 Å². The number of anilines is 1. The van der Waals surface area contributed by atoms with Crippen LogP contribution in [0.5, 0.6) is 0 Å². The molecule has 1 fully saturated rings. The number of aliphatic hydroxyl groups excluding tert-OH is 1. The van der Waals surface area contributed by atoms with Crippen molar-refractivity contribution >= 4 is 44.8 Å². The molecule has 0 spiro atoms. The third kappa shape index (κ3) is 5.49. The molecule has 1 saturated heterocycles. The second kappa shape index (κ2) is 9.45. The maximum absolute atomic E-state index is 13.0. The normalized spacial score (nSPS) is 16.0. The second-order valence-electron chi connectivity index (χ2n) is 7.00. The number of piperidine rings is 1. The average Bonchev–Trinajstić information content (AvgIpc) is 2.68. The third-order valence-corrected chi connectivity index (χ3v) is 7.30. The van der Waals surface area contributed by atoms with Crippen LogP contribution < -0.4 is 5.32 Å². The van der Waals surface area contributed by atoms with Gasteiger partial charge in [-0.2, -0.15) is 4.31 Å². The van der Waals surface area contributed by atoms with Crippen molar-refractivity contribution in [2.75, 3.05) is 25.0 Å². The Morgan fingerprint density at radius 1 is 1.10 bits per heavy atom. The fourth-order valence-electron chi connectivity index (χ4n) is 3.40. The van der Waals surface area contributed by atoms with Gasteiger partial charge in [0.15, 0.2) is 0 Å². The van der Waals surface area contributed by atoms with Crippen LogP contribution in [-0.2, 0) is 10.0 Å². The van der Waals surface area contributed by atoms with Crippen LogP contribution in [0.1, 0.15) is 29.6 Å². The van der Waals surface area contributed by atoms with E-state index in [2.05, 4.69) is 5.32 Å². The van der Waals surface area contributed by atoms with Crippen molar-refractivity contribution in [1.82, 2.24) is 4.31 Å². The van der Waals surface area contributed by atoms with E-state index in [1.54, 1.807) is 30.3 Å². The van der Waals surface area contributed by atoms with Gasteiger partial charge in [-0.15, -0.1) is 0 Å². The van der Waals surface area contributed by atoms with Gasteiger partial charge in [-0.1, -0.05) is 29.3 Å². The zero-order chi connectivity index (χ0) is 21.0. The molecule has 6 nitrogen and oxygen atoms in total. The number of halogens is 2. The fourth-order valence-corrected chi connectivity index (χ4v) is 5.44. The van der Waals surface area contributed by atoms with E-state index in [1.165, 1.54) is 16.4 Å². The van der Waals surface area contributed by atoms with Crippen molar-refractivity contribution in [2.24, 2.45) is 5.92 Å². The molecule has 0 unspecified atom stereocenters. The van der Waals surface area contributed by atoms with E-state index in [0.717, 1.165) is 12.8 Å². The summed E-state index contributed by atoms with van der Waals surface area (Å²) in [5.74, 6) is -0.116. The summed E-state index contributed by atoms with van der Waals surface area (Å²) in [6.07, 6.45) is 2.13. The van der Waals surface area contributed by atoms with Gasteiger partial charge < -0.3 is 10.4 Å². The van der Waals surface area contributed by atoms with Crippen molar-refractivity contribution in [1.29, 1.82) is 0 Å². The number of amides is 1. The standard InChI is InChI=1S/C20H22Cl2N2O4S/c21-16-11-17(22)13-18(12-16)23-20(26)15-2-1-3-19(10-15)29(27,28)24-7-4-14(5-8-24)6-9-25/h1-3,10-14,25H,4-9H2,(H,23,26). The maximum Gasteiger partial charge on any atom is 0.255 e. The number of hydrogen-bond acceptors (Lipinski definition) is 4. The summed E-state index contributed by atoms with van der Waals surface area (Å²) in [7, 11) is -3.69. The van der Waals surface area contributed by atoms with Crippen LogP contribution in [0.4, 0.5) is 5.69 Å². The lowest BCUT2D eigenvalue weighted by Crippen LogP contribution is -2.38. The number of sulfonamides is 1. The molecule has 0 saturated carbocycles. The summed E-state index contributed by atoms with van der Waals surface area (Å²) in [6.45, 7) is 0.932. The summed E-state index contributed by atoms with van der Waals surface area (Å²) in [5, 5.41) is 12.5. The predicted octanol–water partition coefficient (Wildman–Crippen LogP) is 4.03. The van der Waals surface area contributed by atoms with Crippen LogP contribution in [0, 0.1) is 5.92 Å². The van der Waals surface area contributed by atoms with E-state index < -0.39 is 15.9 Å². The Bertz CT molecular complexity index is 969. The highest BCUT2D eigenvalue weighted by molar-refractivity contribution is 7.89. The average molecular weight is 457 g/mol. The Balaban J connectivity index is 1.75. The number of rotatable bonds is 6. The van der Waals surface area contributed by atoms with E-state index in [9.17, 15) is 13.2 Å². The van der Waals surface area contributed by atoms with Crippen LogP contribution >= 0.6 is 23.2 Å². The summed E-state index contributed by atoms with van der Waals surface area (Å²) in [5.41, 5.74) is 0.643. The zero-order valence-corrected chi connectivity index (χ0v) is 18.0. The molecule has 1 aliphatic heterocycles. The lowest BCUT2D eigenvalue weighted by atomic mass is 9.95. The van der Waals surface area contributed by atoms with Crippen molar-refractivity contribution < 1.29 is 18.3 Å². The molecule has 2 N–H and O–H groups in total. The number of carbonyl (C=O) groups is 1. The maximum atomic E-state index is 13.0. The molecule has 0 aliphatic carbocycles. The van der Waals surface area contributed by atoms with Gasteiger partial charge in [0.25, 0.3) is 5.91 Å². The van der Waals surface area contributed by atoms with E-state index in [0.29, 0.717) is 41.2 Å². The molecule has 1 amide bonds. The SMILES string of the molecule is O=C(Nc1cc(Cl)cc(Cl)c1)c1cccc(S(=O)(=O)N2CCC(CCO)CC2)c1. The highest BCUT2D eigenvalue weighted by Gasteiger charge is 2.29. The fraction of sp³-hybridized carbons (Fsp3) is 0.350. The molecule has 156 valence electrons. The number of nitrogens with zero attached hydrogens (tertiary/aromatic N) is 1. The highest BCUT2D eigenvalue weighted by atomic mass is 35.5. The topological polar surface area (TPSA) is 86.7 Å². The molecule has 0 aromatic heterocycles. The van der Waals surface area contributed by atoms with Crippen molar-refractivity contribution in [3.05, 3.63) is 58.1 Å². The van der Waals surface area contributed by atoms with Crippen LogP contribution in [0.3, 0.4) is 0 Å². The molecule has 2 aromatic rings. The Kier molecular flexibility index (Phi) is 7.19. The molecule has 1 aliphatic rings. The smallest absolute Gasteiger partial charge is 0.255 e. The van der Waals surface area contributed by atoms with E-state index in [-0.39, 0.29) is 17.1 Å². The first-order valence-electron chi connectivity index (χ1n) is 9.28. The van der Waals surface area contributed by atoms with E-state index in [4.69, 9.17) is 28.3 Å². The van der Waals surface area contributed by atoms with Gasteiger partial charge in [-0.05, 0) is 61.6 Å². The number of aliphatic hydroxyl groups is 1. The Morgan fingerprint density at radius 3 is 2.38 bits per heavy atom. The van der Waals surface area contributed by atoms with Crippen molar-refractivity contribution in [3.63, 3.8) is 0 Å². The summed E-state index contributed by atoms with van der Waals surface area (Å²) in [4.78, 5) is 12.7. The minimum Gasteiger partial charge on any atom is -0.396 e. The Morgan fingerprint density at radius 2 is 1.76 bits per heavy atom. The van der Waals surface area contributed by atoms with Crippen LogP contribution in [-0.4, -0.2) is 43.4 Å². The highest BCUT2D eigenvalue weighted by Crippen LogP contribution is 2.26. The zero-order valence-electron chi connectivity index (χ0n) is 15.6. The van der Waals surface area contributed by atoms with Gasteiger partial charge in [0, 0.05) is 41.0 Å². The number of benzene rings is 2. The first-order chi connectivity index (χ1) is 13.8. The second-order valence-corrected chi connectivity index (χ2v) is 9.81. The lowest BCUT2D eigenvalue weighted by Gasteiger charge is -2.31. The first-order valence-corrected chi connectivity index (χ1v) is 11.5. The van der Waals surface area contributed by atoms with Crippen LogP contribution in [0.2, 0.25) is 10.0 Å². The summed E-state index contributed by atoms with van der Waals surface area (Å²) >= 11 is 11.9. The first kappa shape index (κ1) is 22.1.